The molecule has 0 radical (unpaired) electrons. The van der Waals surface area contributed by atoms with Crippen LogP contribution < -0.4 is 5.32 Å². The Kier molecular flexibility index (Phi) is 3.18. The van der Waals surface area contributed by atoms with Crippen molar-refractivity contribution >= 4 is 23.5 Å². The first kappa shape index (κ1) is 12.4. The van der Waals surface area contributed by atoms with Gasteiger partial charge in [0.2, 0.25) is 5.95 Å². The smallest absolute Gasteiger partial charge is 0.278 e. The van der Waals surface area contributed by atoms with Crippen molar-refractivity contribution in [2.24, 2.45) is 0 Å². The van der Waals surface area contributed by atoms with Gasteiger partial charge in [0.15, 0.2) is 5.69 Å². The van der Waals surface area contributed by atoms with Crippen LogP contribution in [0.5, 0.6) is 0 Å². The number of aromatic amines is 1. The van der Waals surface area contributed by atoms with Crippen molar-refractivity contribution in [3.8, 4) is 5.69 Å². The number of carbonyl (C=O) groups excluding carboxylic acids is 1. The van der Waals surface area contributed by atoms with Gasteiger partial charge in [0.05, 0.1) is 10.7 Å². The molecule has 0 fully saturated rings. The molecule has 0 aliphatic carbocycles. The summed E-state index contributed by atoms with van der Waals surface area (Å²) in [6.45, 7) is 0. The van der Waals surface area contributed by atoms with E-state index >= 15 is 0 Å². The molecule has 7 nitrogen and oxygen atoms in total. The summed E-state index contributed by atoms with van der Waals surface area (Å²) in [6.07, 6.45) is 2.97. The second-order valence-electron chi connectivity index (χ2n) is 3.89. The van der Waals surface area contributed by atoms with E-state index in [1.54, 1.807) is 18.3 Å². The molecule has 2 heterocycles. The van der Waals surface area contributed by atoms with Gasteiger partial charge in [0, 0.05) is 6.20 Å². The fraction of sp³-hybridized carbons (Fsp3) is 0. The lowest BCUT2D eigenvalue weighted by molar-refractivity contribution is 0.102. The molecule has 1 aromatic carbocycles. The Bertz CT molecular complexity index is 736. The first-order chi connectivity index (χ1) is 9.74. The molecule has 0 spiro atoms. The van der Waals surface area contributed by atoms with Crippen LogP contribution in [0.4, 0.5) is 5.95 Å². The number of halogens is 1. The topological polar surface area (TPSA) is 88.5 Å². The third kappa shape index (κ3) is 2.39. The van der Waals surface area contributed by atoms with E-state index in [-0.39, 0.29) is 17.5 Å². The Labute approximate surface area is 118 Å². The standard InChI is InChI=1S/C12H9ClN6O/c13-8-3-1-2-4-10(8)19-6-5-9(18-19)11(20)16-12-14-7-15-17-12/h1-7H,(H2,14,15,16,17,20). The van der Waals surface area contributed by atoms with Gasteiger partial charge >= 0.3 is 0 Å². The van der Waals surface area contributed by atoms with E-state index in [0.29, 0.717) is 10.7 Å². The van der Waals surface area contributed by atoms with E-state index in [1.807, 2.05) is 18.2 Å². The number of para-hydroxylation sites is 1. The molecule has 0 saturated heterocycles. The maximum Gasteiger partial charge on any atom is 0.278 e. The van der Waals surface area contributed by atoms with Gasteiger partial charge in [-0.05, 0) is 18.2 Å². The maximum atomic E-state index is 11.9. The van der Waals surface area contributed by atoms with Crippen molar-refractivity contribution in [2.45, 2.75) is 0 Å². The number of hydrogen-bond acceptors (Lipinski definition) is 4. The lowest BCUT2D eigenvalue weighted by Crippen LogP contribution is -2.14. The van der Waals surface area contributed by atoms with Crippen LogP contribution in [-0.4, -0.2) is 30.9 Å². The fourth-order valence-corrected chi connectivity index (χ4v) is 1.88. The van der Waals surface area contributed by atoms with E-state index in [1.165, 1.54) is 11.0 Å². The lowest BCUT2D eigenvalue weighted by Gasteiger charge is -2.03. The summed E-state index contributed by atoms with van der Waals surface area (Å²) in [4.78, 5) is 15.7. The molecule has 100 valence electrons. The van der Waals surface area contributed by atoms with Crippen LogP contribution in [0.2, 0.25) is 5.02 Å². The number of benzene rings is 1. The zero-order valence-electron chi connectivity index (χ0n) is 10.1. The van der Waals surface area contributed by atoms with Gasteiger partial charge in [-0.25, -0.2) is 9.78 Å². The summed E-state index contributed by atoms with van der Waals surface area (Å²) in [5, 5.41) is 13.5. The molecule has 0 atom stereocenters. The average Bonchev–Trinajstić information content (AvgIpc) is 3.10. The van der Waals surface area contributed by atoms with Gasteiger partial charge in [-0.1, -0.05) is 23.7 Å². The van der Waals surface area contributed by atoms with Crippen molar-refractivity contribution in [3.63, 3.8) is 0 Å². The molecule has 20 heavy (non-hydrogen) atoms. The second kappa shape index (κ2) is 5.14. The van der Waals surface area contributed by atoms with Crippen LogP contribution in [0.15, 0.2) is 42.9 Å². The minimum atomic E-state index is -0.382. The average molecular weight is 289 g/mol. The number of anilines is 1. The Morgan fingerprint density at radius 2 is 2.15 bits per heavy atom. The summed E-state index contributed by atoms with van der Waals surface area (Å²) in [7, 11) is 0. The molecule has 1 amide bonds. The summed E-state index contributed by atoms with van der Waals surface area (Å²) >= 11 is 6.08. The van der Waals surface area contributed by atoms with Crippen molar-refractivity contribution in [1.29, 1.82) is 0 Å². The van der Waals surface area contributed by atoms with Crippen molar-refractivity contribution in [3.05, 3.63) is 53.6 Å². The number of nitrogens with zero attached hydrogens (tertiary/aromatic N) is 4. The largest absolute Gasteiger partial charge is 0.289 e. The third-order valence-electron chi connectivity index (χ3n) is 2.57. The Balaban J connectivity index is 1.83. The van der Waals surface area contributed by atoms with Crippen molar-refractivity contribution in [2.75, 3.05) is 5.32 Å². The minimum Gasteiger partial charge on any atom is -0.289 e. The van der Waals surface area contributed by atoms with Crippen LogP contribution in [0.25, 0.3) is 5.69 Å². The zero-order valence-corrected chi connectivity index (χ0v) is 10.9. The van der Waals surface area contributed by atoms with E-state index in [4.69, 9.17) is 11.6 Å². The first-order valence-corrected chi connectivity index (χ1v) is 6.09. The number of H-pyrrole nitrogens is 1. The molecule has 0 unspecified atom stereocenters. The minimum absolute atomic E-state index is 0.251. The van der Waals surface area contributed by atoms with Gasteiger partial charge in [0.1, 0.15) is 6.33 Å². The second-order valence-corrected chi connectivity index (χ2v) is 4.29. The predicted molar refractivity (Wildman–Crippen MR) is 72.9 cm³/mol. The molecular formula is C12H9ClN6O. The molecule has 3 aromatic rings. The summed E-state index contributed by atoms with van der Waals surface area (Å²) in [5.41, 5.74) is 0.953. The lowest BCUT2D eigenvalue weighted by atomic mass is 10.3. The number of amides is 1. The molecule has 2 aromatic heterocycles. The number of carbonyl (C=O) groups is 1. The third-order valence-corrected chi connectivity index (χ3v) is 2.89. The predicted octanol–water partition coefficient (Wildman–Crippen LogP) is 1.90. The number of nitrogens with one attached hydrogen (secondary N) is 2. The van der Waals surface area contributed by atoms with Gasteiger partial charge < -0.3 is 0 Å². The molecule has 3 rings (SSSR count). The molecular weight excluding hydrogens is 280 g/mol. The van der Waals surface area contributed by atoms with E-state index < -0.39 is 0 Å². The molecule has 0 bridgehead atoms. The maximum absolute atomic E-state index is 11.9. The summed E-state index contributed by atoms with van der Waals surface area (Å²) < 4.78 is 1.54. The molecule has 0 saturated carbocycles. The normalized spacial score (nSPS) is 10.4. The summed E-state index contributed by atoms with van der Waals surface area (Å²) in [6, 6.07) is 8.83. The van der Waals surface area contributed by atoms with Crippen molar-refractivity contribution in [1.82, 2.24) is 25.0 Å². The van der Waals surface area contributed by atoms with Crippen LogP contribution in [0.3, 0.4) is 0 Å². The summed E-state index contributed by atoms with van der Waals surface area (Å²) in [5.74, 6) is -0.116. The van der Waals surface area contributed by atoms with E-state index in [9.17, 15) is 4.79 Å². The highest BCUT2D eigenvalue weighted by Gasteiger charge is 2.12. The monoisotopic (exact) mass is 288 g/mol. The van der Waals surface area contributed by atoms with Crippen LogP contribution in [0, 0.1) is 0 Å². The van der Waals surface area contributed by atoms with E-state index in [0.717, 1.165) is 0 Å². The fourth-order valence-electron chi connectivity index (χ4n) is 1.65. The molecule has 0 aliphatic heterocycles. The Hall–Kier alpha value is -2.67. The van der Waals surface area contributed by atoms with Gasteiger partial charge in [-0.15, -0.1) is 0 Å². The van der Waals surface area contributed by atoms with Gasteiger partial charge in [-0.2, -0.15) is 15.2 Å². The Morgan fingerprint density at radius 3 is 2.90 bits per heavy atom. The quantitative estimate of drug-likeness (QED) is 0.770. The number of aromatic nitrogens is 5. The highest BCUT2D eigenvalue weighted by atomic mass is 35.5. The van der Waals surface area contributed by atoms with Gasteiger partial charge in [-0.3, -0.25) is 10.1 Å². The van der Waals surface area contributed by atoms with Crippen molar-refractivity contribution < 1.29 is 4.79 Å². The van der Waals surface area contributed by atoms with Gasteiger partial charge in [0.25, 0.3) is 5.91 Å². The van der Waals surface area contributed by atoms with E-state index in [2.05, 4.69) is 25.6 Å². The van der Waals surface area contributed by atoms with Crippen LogP contribution >= 0.6 is 11.6 Å². The molecule has 0 aliphatic rings. The molecule has 8 heteroatoms. The highest BCUT2D eigenvalue weighted by molar-refractivity contribution is 6.32. The van der Waals surface area contributed by atoms with Crippen LogP contribution in [-0.2, 0) is 0 Å². The number of rotatable bonds is 3. The van der Waals surface area contributed by atoms with Crippen LogP contribution in [0.1, 0.15) is 10.5 Å². The molecule has 2 N–H and O–H groups in total. The highest BCUT2D eigenvalue weighted by Crippen LogP contribution is 2.19. The Morgan fingerprint density at radius 1 is 1.30 bits per heavy atom. The number of hydrogen-bond donors (Lipinski definition) is 2. The first-order valence-electron chi connectivity index (χ1n) is 5.71. The SMILES string of the molecule is O=C(Nc1ncn[nH]1)c1ccn(-c2ccccc2Cl)n1. The zero-order chi connectivity index (χ0) is 13.9.